The van der Waals surface area contributed by atoms with Crippen molar-refractivity contribution in [3.63, 3.8) is 0 Å². The van der Waals surface area contributed by atoms with E-state index in [1.165, 1.54) is 40.5 Å². The fraction of sp³-hybridized carbons (Fsp3) is 0.300. The summed E-state index contributed by atoms with van der Waals surface area (Å²) in [6.45, 7) is 2.77. The Morgan fingerprint density at radius 2 is 1.71 bits per heavy atom. The number of likely N-dealkylation sites (N-methyl/N-ethyl adjacent to an activating group) is 1. The third-order valence-electron chi connectivity index (χ3n) is 4.47. The Balaban J connectivity index is 0.00000341. The second kappa shape index (κ2) is 10.5. The highest BCUT2D eigenvalue weighted by atomic mass is 35.5. The summed E-state index contributed by atoms with van der Waals surface area (Å²) in [6, 6.07) is 9.43. The molecule has 2 aromatic carbocycles. The van der Waals surface area contributed by atoms with E-state index in [1.54, 1.807) is 6.07 Å². The fourth-order valence-corrected chi connectivity index (χ4v) is 5.48. The van der Waals surface area contributed by atoms with Crippen LogP contribution in [0.2, 0.25) is 10.0 Å². The Hall–Kier alpha value is -1.42. The van der Waals surface area contributed by atoms with Crippen LogP contribution >= 0.6 is 46.9 Å². The van der Waals surface area contributed by atoms with Gasteiger partial charge < -0.3 is 4.90 Å². The third kappa shape index (κ3) is 6.09. The van der Waals surface area contributed by atoms with Crippen LogP contribution in [0.15, 0.2) is 41.3 Å². The van der Waals surface area contributed by atoms with Crippen molar-refractivity contribution >= 4 is 78.0 Å². The second-order valence-corrected chi connectivity index (χ2v) is 10.9. The number of hydrogen-bond donors (Lipinski definition) is 0. The van der Waals surface area contributed by atoms with E-state index in [9.17, 15) is 13.2 Å². The van der Waals surface area contributed by atoms with Gasteiger partial charge in [-0.2, -0.15) is 0 Å². The molecule has 0 saturated carbocycles. The molecule has 1 amide bonds. The van der Waals surface area contributed by atoms with Gasteiger partial charge in [0.25, 0.3) is 0 Å². The molecule has 0 aliphatic rings. The van der Waals surface area contributed by atoms with Crippen molar-refractivity contribution in [2.75, 3.05) is 37.8 Å². The highest BCUT2D eigenvalue weighted by Gasteiger charge is 2.27. The van der Waals surface area contributed by atoms with Crippen LogP contribution in [0.3, 0.4) is 0 Å². The summed E-state index contributed by atoms with van der Waals surface area (Å²) in [6.07, 6.45) is 0. The molecule has 0 saturated heterocycles. The van der Waals surface area contributed by atoms with Gasteiger partial charge in [-0.15, -0.1) is 12.4 Å². The summed E-state index contributed by atoms with van der Waals surface area (Å²) < 4.78 is 26.3. The molecule has 3 aromatic rings. The molecule has 1 heterocycles. The third-order valence-corrected chi connectivity index (χ3v) is 7.88. The zero-order valence-electron chi connectivity index (χ0n) is 17.1. The molecule has 0 spiro atoms. The average Bonchev–Trinajstić information content (AvgIpc) is 3.11. The summed E-state index contributed by atoms with van der Waals surface area (Å²) in [5, 5.41) is 1.40. The van der Waals surface area contributed by atoms with Crippen LogP contribution in [-0.4, -0.2) is 57.1 Å². The Kier molecular flexibility index (Phi) is 8.72. The number of aryl methyl sites for hydroxylation is 1. The van der Waals surface area contributed by atoms with Crippen LogP contribution in [0, 0.1) is 6.92 Å². The maximum absolute atomic E-state index is 13.1. The first kappa shape index (κ1) is 25.8. The number of rotatable bonds is 7. The smallest absolute Gasteiger partial charge is 0.244 e. The monoisotopic (exact) mass is 521 g/mol. The number of carbonyl (C=O) groups excluding carboxylic acids is 1. The largest absolute Gasteiger partial charge is 0.308 e. The van der Waals surface area contributed by atoms with Gasteiger partial charge in [-0.05, 0) is 56.9 Å². The molecular weight excluding hydrogens is 501 g/mol. The summed E-state index contributed by atoms with van der Waals surface area (Å²) in [5.74, 6) is -1.20. The van der Waals surface area contributed by atoms with Crippen LogP contribution in [-0.2, 0) is 14.6 Å². The van der Waals surface area contributed by atoms with Crippen molar-refractivity contribution in [2.45, 2.75) is 11.8 Å². The standard InChI is InChI=1S/C20H21Cl2N3O3S2.ClH/c1-13-4-9-16(22)19-18(13)23-20(29-19)25(11-10-24(2)3)17(26)12-30(27,28)15-7-5-14(21)6-8-15;/h4-9H,10-12H2,1-3H3;1H. The van der Waals surface area contributed by atoms with Gasteiger partial charge in [0.15, 0.2) is 15.0 Å². The van der Waals surface area contributed by atoms with E-state index in [0.717, 1.165) is 10.3 Å². The lowest BCUT2D eigenvalue weighted by molar-refractivity contribution is -0.116. The normalized spacial score (nSPS) is 11.5. The number of halogens is 3. The minimum absolute atomic E-state index is 0. The van der Waals surface area contributed by atoms with Crippen molar-refractivity contribution in [3.8, 4) is 0 Å². The Morgan fingerprint density at radius 3 is 2.29 bits per heavy atom. The number of amides is 1. The number of fused-ring (bicyclic) bond motifs is 1. The van der Waals surface area contributed by atoms with E-state index < -0.39 is 21.5 Å². The molecular formula is C20H22Cl3N3O3S2. The topological polar surface area (TPSA) is 70.6 Å². The molecule has 0 bridgehead atoms. The summed E-state index contributed by atoms with van der Waals surface area (Å²) in [4.78, 5) is 21.1. The maximum Gasteiger partial charge on any atom is 0.244 e. The van der Waals surface area contributed by atoms with E-state index in [-0.39, 0.29) is 17.3 Å². The molecule has 0 fully saturated rings. The maximum atomic E-state index is 13.1. The number of carbonyl (C=O) groups is 1. The van der Waals surface area contributed by atoms with Gasteiger partial charge in [0.05, 0.1) is 20.1 Å². The van der Waals surface area contributed by atoms with Crippen molar-refractivity contribution in [1.29, 1.82) is 0 Å². The minimum Gasteiger partial charge on any atom is -0.308 e. The van der Waals surface area contributed by atoms with Crippen LogP contribution in [0.25, 0.3) is 10.2 Å². The Bertz CT molecular complexity index is 1140. The van der Waals surface area contributed by atoms with Gasteiger partial charge in [0.1, 0.15) is 5.75 Å². The quantitative estimate of drug-likeness (QED) is 0.450. The van der Waals surface area contributed by atoms with Gasteiger partial charge in [-0.1, -0.05) is 40.6 Å². The minimum atomic E-state index is -3.83. The molecule has 0 radical (unpaired) electrons. The molecule has 3 rings (SSSR count). The molecule has 0 atom stereocenters. The number of nitrogens with zero attached hydrogens (tertiary/aromatic N) is 3. The highest BCUT2D eigenvalue weighted by molar-refractivity contribution is 7.92. The Morgan fingerprint density at radius 1 is 1.06 bits per heavy atom. The molecule has 0 N–H and O–H groups in total. The SMILES string of the molecule is Cc1ccc(Cl)c2sc(N(CCN(C)C)C(=O)CS(=O)(=O)c3ccc(Cl)cc3)nc12.Cl. The number of sulfone groups is 1. The van der Waals surface area contributed by atoms with Crippen molar-refractivity contribution in [2.24, 2.45) is 0 Å². The van der Waals surface area contributed by atoms with E-state index in [1.807, 2.05) is 32.0 Å². The lowest BCUT2D eigenvalue weighted by Gasteiger charge is -2.22. The van der Waals surface area contributed by atoms with Gasteiger partial charge in [-0.25, -0.2) is 13.4 Å². The first-order valence-corrected chi connectivity index (χ1v) is 12.3. The molecule has 0 aliphatic heterocycles. The highest BCUT2D eigenvalue weighted by Crippen LogP contribution is 2.35. The number of hydrogen-bond acceptors (Lipinski definition) is 6. The van der Waals surface area contributed by atoms with Gasteiger partial charge in [-0.3, -0.25) is 9.69 Å². The number of benzene rings is 2. The van der Waals surface area contributed by atoms with E-state index >= 15 is 0 Å². The molecule has 31 heavy (non-hydrogen) atoms. The fourth-order valence-electron chi connectivity index (χ4n) is 2.80. The van der Waals surface area contributed by atoms with Gasteiger partial charge >= 0.3 is 0 Å². The molecule has 0 unspecified atom stereocenters. The predicted octanol–water partition coefficient (Wildman–Crippen LogP) is 4.70. The van der Waals surface area contributed by atoms with Crippen molar-refractivity contribution in [1.82, 2.24) is 9.88 Å². The molecule has 1 aromatic heterocycles. The van der Waals surface area contributed by atoms with Crippen LogP contribution in [0.4, 0.5) is 5.13 Å². The number of aromatic nitrogens is 1. The van der Waals surface area contributed by atoms with E-state index in [4.69, 9.17) is 23.2 Å². The summed E-state index contributed by atoms with van der Waals surface area (Å²) in [7, 11) is -0.0641. The van der Waals surface area contributed by atoms with Crippen LogP contribution in [0.1, 0.15) is 5.56 Å². The first-order valence-electron chi connectivity index (χ1n) is 9.07. The lowest BCUT2D eigenvalue weighted by atomic mass is 10.2. The predicted molar refractivity (Wildman–Crippen MR) is 131 cm³/mol. The molecule has 11 heteroatoms. The van der Waals surface area contributed by atoms with Crippen LogP contribution < -0.4 is 4.90 Å². The second-order valence-electron chi connectivity index (χ2n) is 7.10. The Labute approximate surface area is 202 Å². The van der Waals surface area contributed by atoms with Gasteiger partial charge in [0.2, 0.25) is 5.91 Å². The zero-order chi connectivity index (χ0) is 22.1. The van der Waals surface area contributed by atoms with Gasteiger partial charge in [0, 0.05) is 18.1 Å². The summed E-state index contributed by atoms with van der Waals surface area (Å²) in [5.41, 5.74) is 1.65. The zero-order valence-corrected chi connectivity index (χ0v) is 21.1. The van der Waals surface area contributed by atoms with E-state index in [0.29, 0.717) is 33.8 Å². The molecule has 168 valence electrons. The first-order chi connectivity index (χ1) is 14.1. The average molecular weight is 523 g/mol. The lowest BCUT2D eigenvalue weighted by Crippen LogP contribution is -2.40. The van der Waals surface area contributed by atoms with Crippen LogP contribution in [0.5, 0.6) is 0 Å². The van der Waals surface area contributed by atoms with E-state index in [2.05, 4.69) is 4.98 Å². The van der Waals surface area contributed by atoms with Crippen molar-refractivity contribution in [3.05, 3.63) is 52.0 Å². The summed E-state index contributed by atoms with van der Waals surface area (Å²) >= 11 is 13.4. The molecule has 0 aliphatic carbocycles. The molecule has 6 nitrogen and oxygen atoms in total. The number of thiazole rings is 1. The number of anilines is 1. The van der Waals surface area contributed by atoms with Crippen molar-refractivity contribution < 1.29 is 13.2 Å².